The summed E-state index contributed by atoms with van der Waals surface area (Å²) in [7, 11) is 0. The first kappa shape index (κ1) is 71.6. The van der Waals surface area contributed by atoms with Crippen molar-refractivity contribution in [2.75, 3.05) is 13.2 Å². The van der Waals surface area contributed by atoms with Crippen LogP contribution in [0.3, 0.4) is 0 Å². The fourth-order valence-electron chi connectivity index (χ4n) is 10.7. The molecule has 0 radical (unpaired) electrons. The molecule has 0 aliphatic carbocycles. The predicted molar refractivity (Wildman–Crippen MR) is 320 cm³/mol. The number of ether oxygens (including phenoxy) is 1. The van der Waals surface area contributed by atoms with Crippen LogP contribution in [0.15, 0.2) is 12.2 Å². The maximum Gasteiger partial charge on any atom is 0.305 e. The first-order valence-electron chi connectivity index (χ1n) is 33.5. The fourth-order valence-corrected chi connectivity index (χ4v) is 10.7. The maximum absolute atomic E-state index is 12.5. The SMILES string of the molecule is CCCCCCCCCCCCCCCCCCCCCC/C=C/C(O)C(CO)NC(=O)CCCCCCCCCCCCCCCCCOC(=O)CCCCCCCCCCCCCCCCCCCCC. The normalized spacial score (nSPS) is 12.5. The van der Waals surface area contributed by atoms with E-state index in [2.05, 4.69) is 19.2 Å². The van der Waals surface area contributed by atoms with Crippen molar-refractivity contribution in [3.63, 3.8) is 0 Å². The van der Waals surface area contributed by atoms with Crippen LogP contribution in [0.1, 0.15) is 380 Å². The number of hydrogen-bond acceptors (Lipinski definition) is 5. The van der Waals surface area contributed by atoms with Crippen LogP contribution in [0.4, 0.5) is 0 Å². The Morgan fingerprint density at radius 1 is 0.370 bits per heavy atom. The zero-order valence-electron chi connectivity index (χ0n) is 49.6. The van der Waals surface area contributed by atoms with Gasteiger partial charge in [0, 0.05) is 12.8 Å². The molecular formula is C67H131NO5. The van der Waals surface area contributed by atoms with Crippen LogP contribution in [-0.2, 0) is 14.3 Å². The number of carbonyl (C=O) groups excluding carboxylic acids is 2. The van der Waals surface area contributed by atoms with E-state index in [-0.39, 0.29) is 18.5 Å². The van der Waals surface area contributed by atoms with E-state index in [1.165, 1.54) is 308 Å². The maximum atomic E-state index is 12.5. The lowest BCUT2D eigenvalue weighted by Crippen LogP contribution is -2.45. The lowest BCUT2D eigenvalue weighted by molar-refractivity contribution is -0.143. The van der Waals surface area contributed by atoms with Gasteiger partial charge in [-0.1, -0.05) is 347 Å². The smallest absolute Gasteiger partial charge is 0.305 e. The molecule has 434 valence electrons. The third-order valence-electron chi connectivity index (χ3n) is 15.8. The van der Waals surface area contributed by atoms with Gasteiger partial charge in [0.15, 0.2) is 0 Å². The number of carbonyl (C=O) groups is 2. The molecule has 0 aromatic carbocycles. The molecule has 0 saturated carbocycles. The predicted octanol–water partition coefficient (Wildman–Crippen LogP) is 21.2. The van der Waals surface area contributed by atoms with Crippen molar-refractivity contribution in [3.8, 4) is 0 Å². The molecule has 3 N–H and O–H groups in total. The molecule has 0 bridgehead atoms. The molecule has 0 spiro atoms. The Morgan fingerprint density at radius 3 is 0.932 bits per heavy atom. The molecule has 6 heteroatoms. The topological polar surface area (TPSA) is 95.9 Å². The van der Waals surface area contributed by atoms with E-state index in [4.69, 9.17) is 4.74 Å². The average molecular weight is 1030 g/mol. The second kappa shape index (κ2) is 63.1. The molecule has 2 unspecified atom stereocenters. The molecule has 0 aromatic heterocycles. The number of allylic oxidation sites excluding steroid dienone is 1. The summed E-state index contributed by atoms with van der Waals surface area (Å²) in [4.78, 5) is 24.6. The van der Waals surface area contributed by atoms with E-state index >= 15 is 0 Å². The van der Waals surface area contributed by atoms with Gasteiger partial charge >= 0.3 is 5.97 Å². The lowest BCUT2D eigenvalue weighted by Gasteiger charge is -2.20. The van der Waals surface area contributed by atoms with Crippen LogP contribution in [0.2, 0.25) is 0 Å². The Morgan fingerprint density at radius 2 is 0.630 bits per heavy atom. The van der Waals surface area contributed by atoms with Gasteiger partial charge in [-0.15, -0.1) is 0 Å². The second-order valence-corrected chi connectivity index (χ2v) is 23.2. The minimum absolute atomic E-state index is 0.00562. The van der Waals surface area contributed by atoms with Crippen molar-refractivity contribution in [2.24, 2.45) is 0 Å². The van der Waals surface area contributed by atoms with E-state index in [9.17, 15) is 19.8 Å². The van der Waals surface area contributed by atoms with Crippen molar-refractivity contribution >= 4 is 11.9 Å². The van der Waals surface area contributed by atoms with Gasteiger partial charge in [0.2, 0.25) is 5.91 Å². The van der Waals surface area contributed by atoms with Gasteiger partial charge in [-0.3, -0.25) is 9.59 Å². The van der Waals surface area contributed by atoms with Gasteiger partial charge in [-0.25, -0.2) is 0 Å². The number of nitrogens with one attached hydrogen (secondary N) is 1. The summed E-state index contributed by atoms with van der Waals surface area (Å²) in [6.45, 7) is 4.93. The summed E-state index contributed by atoms with van der Waals surface area (Å²) in [5.41, 5.74) is 0. The molecular weight excluding hydrogens is 899 g/mol. The molecule has 0 aliphatic heterocycles. The number of amides is 1. The monoisotopic (exact) mass is 1030 g/mol. The fraction of sp³-hybridized carbons (Fsp3) is 0.940. The summed E-state index contributed by atoms with van der Waals surface area (Å²) in [6, 6.07) is -0.635. The van der Waals surface area contributed by atoms with E-state index in [0.29, 0.717) is 19.4 Å². The van der Waals surface area contributed by atoms with Crippen molar-refractivity contribution in [1.82, 2.24) is 5.32 Å². The lowest BCUT2D eigenvalue weighted by atomic mass is 10.0. The van der Waals surface area contributed by atoms with Gasteiger partial charge < -0.3 is 20.3 Å². The summed E-state index contributed by atoms with van der Waals surface area (Å²) in [5.74, 6) is -0.0661. The van der Waals surface area contributed by atoms with Crippen LogP contribution < -0.4 is 5.32 Å². The quantitative estimate of drug-likeness (QED) is 0.0320. The summed E-state index contributed by atoms with van der Waals surface area (Å²) in [6.07, 6.45) is 76.9. The average Bonchev–Trinajstić information content (AvgIpc) is 3.39. The van der Waals surface area contributed by atoms with Crippen LogP contribution in [0.25, 0.3) is 0 Å². The van der Waals surface area contributed by atoms with Crippen molar-refractivity contribution in [2.45, 2.75) is 392 Å². The zero-order chi connectivity index (χ0) is 52.9. The van der Waals surface area contributed by atoms with Gasteiger partial charge in [-0.2, -0.15) is 0 Å². The van der Waals surface area contributed by atoms with Gasteiger partial charge in [-0.05, 0) is 32.1 Å². The van der Waals surface area contributed by atoms with Crippen LogP contribution in [-0.4, -0.2) is 47.4 Å². The molecule has 0 aromatic rings. The highest BCUT2D eigenvalue weighted by Crippen LogP contribution is 2.19. The van der Waals surface area contributed by atoms with E-state index in [1.807, 2.05) is 6.08 Å². The highest BCUT2D eigenvalue weighted by atomic mass is 16.5. The Kier molecular flexibility index (Phi) is 61.9. The van der Waals surface area contributed by atoms with Gasteiger partial charge in [0.1, 0.15) is 0 Å². The number of hydrogen-bond donors (Lipinski definition) is 3. The van der Waals surface area contributed by atoms with Crippen LogP contribution >= 0.6 is 0 Å². The Hall–Kier alpha value is -1.40. The standard InChI is InChI=1S/C67H131NO5/c1-3-5-7-9-11-13-15-17-19-21-23-24-25-27-28-31-35-39-43-47-51-55-59-65(70)64(63-69)68-66(71)60-56-52-48-44-40-36-32-30-34-38-42-46-50-54-58-62-73-67(72)61-57-53-49-45-41-37-33-29-26-22-20-18-16-14-12-10-8-6-4-2/h55,59,64-65,69-70H,3-54,56-58,60-63H2,1-2H3,(H,68,71)/b59-55+. The van der Waals surface area contributed by atoms with E-state index in [1.54, 1.807) is 6.08 Å². The van der Waals surface area contributed by atoms with E-state index in [0.717, 1.165) is 44.9 Å². The van der Waals surface area contributed by atoms with Crippen molar-refractivity contribution in [3.05, 3.63) is 12.2 Å². The summed E-state index contributed by atoms with van der Waals surface area (Å²) >= 11 is 0. The molecule has 1 amide bonds. The Bertz CT molecular complexity index is 1100. The van der Waals surface area contributed by atoms with Crippen LogP contribution in [0.5, 0.6) is 0 Å². The largest absolute Gasteiger partial charge is 0.466 e. The van der Waals surface area contributed by atoms with Gasteiger partial charge in [0.05, 0.1) is 25.4 Å². The first-order chi connectivity index (χ1) is 36.0. The molecule has 6 nitrogen and oxygen atoms in total. The molecule has 0 heterocycles. The minimum atomic E-state index is -0.851. The van der Waals surface area contributed by atoms with Crippen molar-refractivity contribution in [1.29, 1.82) is 0 Å². The van der Waals surface area contributed by atoms with Crippen LogP contribution in [0, 0.1) is 0 Å². The third-order valence-corrected chi connectivity index (χ3v) is 15.8. The number of esters is 1. The number of unbranched alkanes of at least 4 members (excludes halogenated alkanes) is 52. The zero-order valence-corrected chi connectivity index (χ0v) is 49.6. The summed E-state index contributed by atoms with van der Waals surface area (Å²) < 4.78 is 5.50. The number of aliphatic hydroxyl groups excluding tert-OH is 2. The molecule has 2 atom stereocenters. The highest BCUT2D eigenvalue weighted by molar-refractivity contribution is 5.76. The second-order valence-electron chi connectivity index (χ2n) is 23.2. The Labute approximate surface area is 457 Å². The number of rotatable bonds is 63. The molecule has 0 aliphatic rings. The van der Waals surface area contributed by atoms with Crippen molar-refractivity contribution < 1.29 is 24.5 Å². The first-order valence-corrected chi connectivity index (χ1v) is 33.5. The van der Waals surface area contributed by atoms with Gasteiger partial charge in [0.25, 0.3) is 0 Å². The number of aliphatic hydroxyl groups is 2. The molecule has 0 saturated heterocycles. The molecule has 0 fully saturated rings. The third kappa shape index (κ3) is 59.7. The van der Waals surface area contributed by atoms with E-state index < -0.39 is 12.1 Å². The highest BCUT2D eigenvalue weighted by Gasteiger charge is 2.18. The minimum Gasteiger partial charge on any atom is -0.466 e. The molecule has 0 rings (SSSR count). The summed E-state index contributed by atoms with van der Waals surface area (Å²) in [5, 5.41) is 23.2. The molecule has 73 heavy (non-hydrogen) atoms. The Balaban J connectivity index is 3.43.